The van der Waals surface area contributed by atoms with Gasteiger partial charge >= 0.3 is 0 Å². The summed E-state index contributed by atoms with van der Waals surface area (Å²) in [5.41, 5.74) is 4.39. The molecule has 0 aromatic heterocycles. The second kappa shape index (κ2) is 11.1. The van der Waals surface area contributed by atoms with Crippen molar-refractivity contribution in [3.63, 3.8) is 0 Å². The van der Waals surface area contributed by atoms with Crippen LogP contribution in [0.5, 0.6) is 11.5 Å². The lowest BCUT2D eigenvalue weighted by Crippen LogP contribution is -2.28. The highest BCUT2D eigenvalue weighted by atomic mass is 32.2. The molecular weight excluding hydrogens is 458 g/mol. The van der Waals surface area contributed by atoms with E-state index in [0.29, 0.717) is 35.3 Å². The van der Waals surface area contributed by atoms with E-state index in [0.717, 1.165) is 16.8 Å². The Balaban J connectivity index is 1.48. The molecule has 1 aliphatic rings. The molecule has 35 heavy (non-hydrogen) atoms. The molecule has 0 unspecified atom stereocenters. The lowest BCUT2D eigenvalue weighted by molar-refractivity contribution is -0.125. The van der Waals surface area contributed by atoms with Crippen molar-refractivity contribution in [2.24, 2.45) is 4.99 Å². The Hall–Kier alpha value is -3.76. The number of carbonyl (C=O) groups excluding carboxylic acids is 1. The molecule has 0 spiro atoms. The summed E-state index contributed by atoms with van der Waals surface area (Å²) >= 11 is 1.48. The Morgan fingerprint density at radius 1 is 1.06 bits per heavy atom. The van der Waals surface area contributed by atoms with Crippen LogP contribution < -0.4 is 9.47 Å². The molecule has 3 aromatic carbocycles. The number of aliphatic imine (C=N–C) groups is 1. The first-order chi connectivity index (χ1) is 17.0. The summed E-state index contributed by atoms with van der Waals surface area (Å²) in [4.78, 5) is 19.2. The summed E-state index contributed by atoms with van der Waals surface area (Å²) in [7, 11) is 1.77. The van der Waals surface area contributed by atoms with Crippen LogP contribution in [0.15, 0.2) is 71.7 Å². The van der Waals surface area contributed by atoms with Crippen molar-refractivity contribution in [1.82, 2.24) is 4.90 Å². The first kappa shape index (κ1) is 24.4. The lowest BCUT2D eigenvalue weighted by Gasteiger charge is -2.15. The number of hydrogen-bond donors (Lipinski definition) is 0. The first-order valence-corrected chi connectivity index (χ1v) is 12.3. The van der Waals surface area contributed by atoms with Crippen LogP contribution in [0.1, 0.15) is 29.2 Å². The van der Waals surface area contributed by atoms with E-state index < -0.39 is 0 Å². The highest BCUT2D eigenvalue weighted by molar-refractivity contribution is 8.15. The van der Waals surface area contributed by atoms with Crippen molar-refractivity contribution in [2.75, 3.05) is 13.7 Å². The van der Waals surface area contributed by atoms with Gasteiger partial charge < -0.3 is 9.47 Å². The topological polar surface area (TPSA) is 74.9 Å². The zero-order chi connectivity index (χ0) is 24.8. The van der Waals surface area contributed by atoms with E-state index in [-0.39, 0.29) is 17.8 Å². The molecule has 7 heteroatoms. The summed E-state index contributed by atoms with van der Waals surface area (Å²) < 4.78 is 11.8. The van der Waals surface area contributed by atoms with Crippen LogP contribution in [0.4, 0.5) is 5.69 Å². The fourth-order valence-corrected chi connectivity index (χ4v) is 4.91. The highest BCUT2D eigenvalue weighted by Gasteiger charge is 2.35. The Bertz CT molecular complexity index is 1280. The average molecular weight is 486 g/mol. The van der Waals surface area contributed by atoms with Crippen LogP contribution in [0, 0.1) is 18.3 Å². The van der Waals surface area contributed by atoms with E-state index in [1.54, 1.807) is 18.0 Å². The van der Waals surface area contributed by atoms with Gasteiger partial charge in [-0.25, -0.2) is 4.99 Å². The van der Waals surface area contributed by atoms with Crippen LogP contribution >= 0.6 is 11.8 Å². The number of amides is 1. The van der Waals surface area contributed by atoms with E-state index in [1.807, 2.05) is 74.5 Å². The fraction of sp³-hybridized carbons (Fsp3) is 0.250. The zero-order valence-corrected chi connectivity index (χ0v) is 20.8. The van der Waals surface area contributed by atoms with Gasteiger partial charge in [0.25, 0.3) is 0 Å². The van der Waals surface area contributed by atoms with Crippen molar-refractivity contribution in [3.8, 4) is 17.6 Å². The first-order valence-electron chi connectivity index (χ1n) is 11.4. The standard InChI is InChI=1S/C28H27N3O3S/c1-4-33-25-15-20(11-14-24(25)34-18-22-8-6-5-7-21(22)17-29)16-26-27(32)31(3)28(35-26)30-23-12-9-19(2)10-13-23/h5-15,26H,4,16,18H2,1-3H3/t26-/m0/s1. The third kappa shape index (κ3) is 5.84. The molecule has 0 bridgehead atoms. The summed E-state index contributed by atoms with van der Waals surface area (Å²) in [5, 5.41) is 9.75. The molecule has 0 N–H and O–H groups in total. The molecule has 0 radical (unpaired) electrons. The maximum Gasteiger partial charge on any atom is 0.242 e. The van der Waals surface area contributed by atoms with Gasteiger partial charge in [0, 0.05) is 12.6 Å². The normalized spacial score (nSPS) is 16.4. The van der Waals surface area contributed by atoms with Gasteiger partial charge in [0.05, 0.1) is 29.2 Å². The number of nitrogens with zero attached hydrogens (tertiary/aromatic N) is 3. The molecule has 6 nitrogen and oxygen atoms in total. The van der Waals surface area contributed by atoms with Crippen molar-refractivity contribution in [2.45, 2.75) is 32.1 Å². The van der Waals surface area contributed by atoms with Crippen LogP contribution in [-0.4, -0.2) is 34.9 Å². The number of amidine groups is 1. The molecule has 1 aliphatic heterocycles. The monoisotopic (exact) mass is 485 g/mol. The van der Waals surface area contributed by atoms with E-state index in [4.69, 9.17) is 9.47 Å². The van der Waals surface area contributed by atoms with Crippen LogP contribution in [-0.2, 0) is 17.8 Å². The molecule has 1 fully saturated rings. The minimum absolute atomic E-state index is 0.0345. The minimum Gasteiger partial charge on any atom is -0.490 e. The van der Waals surface area contributed by atoms with Crippen molar-refractivity contribution >= 4 is 28.5 Å². The number of nitriles is 1. The van der Waals surface area contributed by atoms with Crippen molar-refractivity contribution in [3.05, 3.63) is 89.0 Å². The molecule has 1 amide bonds. The van der Waals surface area contributed by atoms with Crippen molar-refractivity contribution < 1.29 is 14.3 Å². The molecule has 3 aromatic rings. The van der Waals surface area contributed by atoms with Gasteiger partial charge in [0.15, 0.2) is 16.7 Å². The molecule has 1 heterocycles. The Kier molecular flexibility index (Phi) is 7.74. The van der Waals surface area contributed by atoms with E-state index >= 15 is 0 Å². The zero-order valence-electron chi connectivity index (χ0n) is 20.0. The van der Waals surface area contributed by atoms with Gasteiger partial charge in [-0.3, -0.25) is 9.69 Å². The van der Waals surface area contributed by atoms with Gasteiger partial charge in [-0.05, 0) is 56.2 Å². The second-order valence-corrected chi connectivity index (χ2v) is 9.38. The summed E-state index contributed by atoms with van der Waals surface area (Å²) in [5.74, 6) is 1.26. The number of aryl methyl sites for hydroxylation is 1. The number of benzene rings is 3. The van der Waals surface area contributed by atoms with E-state index in [2.05, 4.69) is 11.1 Å². The number of rotatable bonds is 8. The predicted octanol–water partition coefficient (Wildman–Crippen LogP) is 5.65. The molecular formula is C28H27N3O3S. The number of carbonyl (C=O) groups is 1. The van der Waals surface area contributed by atoms with Crippen molar-refractivity contribution in [1.29, 1.82) is 5.26 Å². The maximum atomic E-state index is 12.9. The summed E-state index contributed by atoms with van der Waals surface area (Å²) in [6.07, 6.45) is 0.554. The highest BCUT2D eigenvalue weighted by Crippen LogP contribution is 2.34. The third-order valence-corrected chi connectivity index (χ3v) is 6.88. The minimum atomic E-state index is -0.257. The fourth-order valence-electron chi connectivity index (χ4n) is 3.72. The molecule has 0 aliphatic carbocycles. The number of ether oxygens (including phenoxy) is 2. The van der Waals surface area contributed by atoms with Gasteiger partial charge in [-0.2, -0.15) is 5.26 Å². The average Bonchev–Trinajstić information content (AvgIpc) is 3.13. The van der Waals surface area contributed by atoms with Gasteiger partial charge in [0.2, 0.25) is 5.91 Å². The Morgan fingerprint density at radius 2 is 1.83 bits per heavy atom. The lowest BCUT2D eigenvalue weighted by atomic mass is 10.1. The predicted molar refractivity (Wildman–Crippen MR) is 139 cm³/mol. The summed E-state index contributed by atoms with van der Waals surface area (Å²) in [6, 6.07) is 23.2. The third-order valence-electron chi connectivity index (χ3n) is 5.65. The second-order valence-electron chi connectivity index (χ2n) is 8.21. The Morgan fingerprint density at radius 3 is 2.57 bits per heavy atom. The van der Waals surface area contributed by atoms with Gasteiger partial charge in [-0.1, -0.05) is 53.7 Å². The molecule has 178 valence electrons. The van der Waals surface area contributed by atoms with Crippen LogP contribution in [0.2, 0.25) is 0 Å². The van der Waals surface area contributed by atoms with Gasteiger partial charge in [-0.15, -0.1) is 0 Å². The maximum absolute atomic E-state index is 12.9. The Labute approximate surface area is 210 Å². The molecule has 1 saturated heterocycles. The smallest absolute Gasteiger partial charge is 0.242 e. The number of thioether (sulfide) groups is 1. The van der Waals surface area contributed by atoms with E-state index in [9.17, 15) is 10.1 Å². The molecule has 4 rings (SSSR count). The SMILES string of the molecule is CCOc1cc(C[C@@H]2SC(=Nc3ccc(C)cc3)N(C)C2=O)ccc1OCc1ccccc1C#N. The number of hydrogen-bond acceptors (Lipinski definition) is 6. The molecule has 1 atom stereocenters. The quantitative estimate of drug-likeness (QED) is 0.412. The summed E-state index contributed by atoms with van der Waals surface area (Å²) in [6.45, 7) is 4.71. The van der Waals surface area contributed by atoms with Crippen LogP contribution in [0.3, 0.4) is 0 Å². The van der Waals surface area contributed by atoms with Gasteiger partial charge in [0.1, 0.15) is 6.61 Å². The van der Waals surface area contributed by atoms with E-state index in [1.165, 1.54) is 17.3 Å². The van der Waals surface area contributed by atoms with Crippen LogP contribution in [0.25, 0.3) is 0 Å². The largest absolute Gasteiger partial charge is 0.490 e. The molecule has 0 saturated carbocycles.